The average Bonchev–Trinajstić information content (AvgIpc) is 2.93. The fourth-order valence-electron chi connectivity index (χ4n) is 2.42. The molecule has 0 saturated carbocycles. The number of nitrogens with zero attached hydrogens (tertiary/aromatic N) is 1. The van der Waals surface area contributed by atoms with E-state index in [0.717, 1.165) is 0 Å². The van der Waals surface area contributed by atoms with Crippen molar-refractivity contribution in [2.75, 3.05) is 19.0 Å². The molecule has 0 unspecified atom stereocenters. The molecule has 26 heavy (non-hydrogen) atoms. The van der Waals surface area contributed by atoms with Gasteiger partial charge in [-0.05, 0) is 6.92 Å². The smallest absolute Gasteiger partial charge is 0.458 e. The van der Waals surface area contributed by atoms with Gasteiger partial charge in [-0.1, -0.05) is 0 Å². The molecule has 0 bridgehead atoms. The number of hydrogen-bond donors (Lipinski definition) is 2. The van der Waals surface area contributed by atoms with Gasteiger partial charge in [-0.2, -0.15) is 4.98 Å². The average molecular weight is 369 g/mol. The Bertz CT molecular complexity index is 747. The van der Waals surface area contributed by atoms with Crippen molar-refractivity contribution in [3.63, 3.8) is 0 Å². The predicted molar refractivity (Wildman–Crippen MR) is 85.7 cm³/mol. The number of nitrogens with one attached hydrogen (secondary N) is 2. The monoisotopic (exact) mass is 369 g/mol. The maximum Gasteiger partial charge on any atom is 0.508 e. The molecule has 1 aliphatic rings. The van der Waals surface area contributed by atoms with E-state index in [4.69, 9.17) is 14.2 Å². The first kappa shape index (κ1) is 19.4. The van der Waals surface area contributed by atoms with E-state index in [9.17, 15) is 19.2 Å². The van der Waals surface area contributed by atoms with Crippen LogP contribution >= 0.6 is 0 Å². The van der Waals surface area contributed by atoms with Crippen LogP contribution in [0.1, 0.15) is 30.6 Å². The number of ketones is 1. The van der Waals surface area contributed by atoms with Gasteiger partial charge in [0.2, 0.25) is 0 Å². The van der Waals surface area contributed by atoms with Crippen LogP contribution in [0.5, 0.6) is 0 Å². The summed E-state index contributed by atoms with van der Waals surface area (Å²) in [5.41, 5.74) is -0.519. The molecule has 1 fully saturated rings. The van der Waals surface area contributed by atoms with Gasteiger partial charge in [0, 0.05) is 19.5 Å². The van der Waals surface area contributed by atoms with E-state index in [1.54, 1.807) is 0 Å². The minimum atomic E-state index is -0.891. The van der Waals surface area contributed by atoms with Gasteiger partial charge in [-0.3, -0.25) is 9.59 Å². The van der Waals surface area contributed by atoms with Crippen molar-refractivity contribution in [3.8, 4) is 0 Å². The predicted octanol–water partition coefficient (Wildman–Crippen LogP) is 0.214. The Morgan fingerprint density at radius 1 is 1.38 bits per heavy atom. The minimum Gasteiger partial charge on any atom is -0.458 e. The Morgan fingerprint density at radius 3 is 2.73 bits per heavy atom. The lowest BCUT2D eigenvalue weighted by molar-refractivity contribution is -0.148. The van der Waals surface area contributed by atoms with Gasteiger partial charge < -0.3 is 29.2 Å². The van der Waals surface area contributed by atoms with Gasteiger partial charge in [-0.25, -0.2) is 9.59 Å². The summed E-state index contributed by atoms with van der Waals surface area (Å²) in [5, 5.41) is 2.80. The van der Waals surface area contributed by atoms with Gasteiger partial charge in [-0.15, -0.1) is 0 Å². The van der Waals surface area contributed by atoms with Crippen molar-refractivity contribution in [2.24, 2.45) is 0 Å². The molecule has 3 atom stereocenters. The lowest BCUT2D eigenvalue weighted by Gasteiger charge is -2.20. The van der Waals surface area contributed by atoms with E-state index in [0.29, 0.717) is 0 Å². The number of carbonyl (C=O) groups excluding carboxylic acids is 3. The van der Waals surface area contributed by atoms with Crippen LogP contribution in [-0.2, 0) is 23.7 Å². The summed E-state index contributed by atoms with van der Waals surface area (Å²) in [6.45, 7) is 2.43. The summed E-state index contributed by atoms with van der Waals surface area (Å²) in [7, 11) is 1.17. The molecule has 1 aromatic rings. The fraction of sp³-hybridized carbons (Fsp3) is 0.533. The zero-order valence-electron chi connectivity index (χ0n) is 14.4. The molecular formula is C15H19N3O8. The number of methoxy groups -OCH3 is 1. The molecule has 2 N–H and O–H groups in total. The van der Waals surface area contributed by atoms with Crippen molar-refractivity contribution in [2.45, 2.75) is 38.7 Å². The van der Waals surface area contributed by atoms with Crippen molar-refractivity contribution in [3.05, 3.63) is 22.2 Å². The highest BCUT2D eigenvalue weighted by atomic mass is 16.7. The van der Waals surface area contributed by atoms with Gasteiger partial charge in [0.15, 0.2) is 12.0 Å². The summed E-state index contributed by atoms with van der Waals surface area (Å²) in [6, 6.07) is 0. The van der Waals surface area contributed by atoms with Gasteiger partial charge in [0.05, 0.1) is 18.8 Å². The number of Topliss-reactive ketones (excluding diaryl/α,β-unsaturated/α-hetero) is 1. The van der Waals surface area contributed by atoms with Crippen LogP contribution in [0, 0.1) is 0 Å². The normalized spacial score (nSPS) is 21.7. The third-order valence-electron chi connectivity index (χ3n) is 3.51. The second-order valence-electron chi connectivity index (χ2n) is 5.50. The number of ether oxygens (including phenoxy) is 4. The molecule has 0 radical (unpaired) electrons. The molecule has 0 aliphatic carbocycles. The molecule has 0 aromatic carbocycles. The van der Waals surface area contributed by atoms with Gasteiger partial charge >= 0.3 is 17.8 Å². The summed E-state index contributed by atoms with van der Waals surface area (Å²) in [4.78, 5) is 51.6. The number of aromatic nitrogens is 2. The zero-order chi connectivity index (χ0) is 19.3. The number of hydrogen-bond acceptors (Lipinski definition) is 10. The SMILES string of the molecule is COC(=O)OC[C@@H]1C[C@@H](OC(C)=O)[C@H](Nc2nc(=O)[nH]cc2C(C)=O)O1. The first-order valence-corrected chi connectivity index (χ1v) is 7.70. The van der Waals surface area contributed by atoms with E-state index in [1.165, 1.54) is 27.2 Å². The molecule has 0 spiro atoms. The fourth-order valence-corrected chi connectivity index (χ4v) is 2.42. The largest absolute Gasteiger partial charge is 0.508 e. The number of anilines is 1. The molecule has 1 aromatic heterocycles. The Kier molecular flexibility index (Phi) is 6.28. The maximum absolute atomic E-state index is 11.7. The topological polar surface area (TPSA) is 146 Å². The molecule has 2 rings (SSSR count). The molecule has 11 heteroatoms. The third kappa shape index (κ3) is 5.02. The highest BCUT2D eigenvalue weighted by molar-refractivity contribution is 5.98. The summed E-state index contributed by atoms with van der Waals surface area (Å²) in [5.74, 6) is -0.868. The molecule has 2 heterocycles. The summed E-state index contributed by atoms with van der Waals surface area (Å²) >= 11 is 0. The van der Waals surface area contributed by atoms with Crippen LogP contribution in [0.2, 0.25) is 0 Å². The lowest BCUT2D eigenvalue weighted by atomic mass is 10.2. The number of esters is 1. The Balaban J connectivity index is 2.15. The Labute approximate surface area is 148 Å². The van der Waals surface area contributed by atoms with E-state index < -0.39 is 36.3 Å². The van der Waals surface area contributed by atoms with Crippen molar-refractivity contribution < 1.29 is 33.3 Å². The number of rotatable bonds is 6. The molecule has 1 saturated heterocycles. The second-order valence-corrected chi connectivity index (χ2v) is 5.50. The molecule has 1 aliphatic heterocycles. The van der Waals surface area contributed by atoms with Gasteiger partial charge in [0.25, 0.3) is 0 Å². The van der Waals surface area contributed by atoms with Crippen LogP contribution in [0.3, 0.4) is 0 Å². The van der Waals surface area contributed by atoms with Crippen LogP contribution in [0.15, 0.2) is 11.0 Å². The third-order valence-corrected chi connectivity index (χ3v) is 3.51. The van der Waals surface area contributed by atoms with E-state index in [1.807, 2.05) is 0 Å². The number of H-pyrrole nitrogens is 1. The first-order chi connectivity index (χ1) is 12.3. The zero-order valence-corrected chi connectivity index (χ0v) is 14.4. The Morgan fingerprint density at radius 2 is 2.12 bits per heavy atom. The summed E-state index contributed by atoms with van der Waals surface area (Å²) < 4.78 is 20.1. The Hall–Kier alpha value is -2.95. The molecular weight excluding hydrogens is 350 g/mol. The highest BCUT2D eigenvalue weighted by Gasteiger charge is 2.39. The lowest BCUT2D eigenvalue weighted by Crippen LogP contribution is -2.35. The van der Waals surface area contributed by atoms with Crippen LogP contribution in [-0.4, -0.2) is 60.0 Å². The quantitative estimate of drug-likeness (QED) is 0.527. The summed E-state index contributed by atoms with van der Waals surface area (Å²) in [6.07, 6.45) is -1.62. The molecule has 11 nitrogen and oxygen atoms in total. The molecule has 0 amide bonds. The van der Waals surface area contributed by atoms with Crippen molar-refractivity contribution >= 4 is 23.7 Å². The van der Waals surface area contributed by atoms with E-state index in [2.05, 4.69) is 20.0 Å². The van der Waals surface area contributed by atoms with Crippen molar-refractivity contribution in [1.82, 2.24) is 9.97 Å². The van der Waals surface area contributed by atoms with Gasteiger partial charge in [0.1, 0.15) is 18.5 Å². The van der Waals surface area contributed by atoms with E-state index >= 15 is 0 Å². The number of aromatic amines is 1. The van der Waals surface area contributed by atoms with Crippen LogP contribution < -0.4 is 11.0 Å². The minimum absolute atomic E-state index is 0.00191. The van der Waals surface area contributed by atoms with Crippen LogP contribution in [0.4, 0.5) is 10.6 Å². The number of carbonyl (C=O) groups is 3. The first-order valence-electron chi connectivity index (χ1n) is 7.70. The maximum atomic E-state index is 11.7. The highest BCUT2D eigenvalue weighted by Crippen LogP contribution is 2.26. The van der Waals surface area contributed by atoms with Crippen molar-refractivity contribution in [1.29, 1.82) is 0 Å². The standard InChI is InChI=1S/C15H19N3O8/c1-7(19)10-5-16-14(21)18-12(10)17-13-11(25-8(2)20)4-9(26-13)6-24-15(22)23-3/h5,9,11,13H,4,6H2,1-3H3,(H2,16,17,18,21)/t9-,11+,13+/m0/s1. The second kappa shape index (κ2) is 8.43. The van der Waals surface area contributed by atoms with E-state index in [-0.39, 0.29) is 30.2 Å². The molecule has 142 valence electrons. The van der Waals surface area contributed by atoms with Crippen LogP contribution in [0.25, 0.3) is 0 Å².